The number of benzene rings is 1. The number of alkyl halides is 3. The highest BCUT2D eigenvalue weighted by Crippen LogP contribution is 2.36. The molecule has 118 valence electrons. The lowest BCUT2D eigenvalue weighted by Crippen LogP contribution is -2.45. The van der Waals surface area contributed by atoms with E-state index in [0.717, 1.165) is 37.1 Å². The van der Waals surface area contributed by atoms with Gasteiger partial charge < -0.3 is 10.1 Å². The highest BCUT2D eigenvalue weighted by molar-refractivity contribution is 5.91. The van der Waals surface area contributed by atoms with Crippen LogP contribution < -0.4 is 5.32 Å². The number of rotatable bonds is 4. The third kappa shape index (κ3) is 2.75. The third-order valence-electron chi connectivity index (χ3n) is 4.37. The largest absolute Gasteiger partial charge is 0.416 e. The molecule has 6 heteroatoms. The van der Waals surface area contributed by atoms with Gasteiger partial charge in [0.1, 0.15) is 0 Å². The minimum Gasteiger partial charge on any atom is -0.382 e. The van der Waals surface area contributed by atoms with Gasteiger partial charge in [-0.3, -0.25) is 4.98 Å². The molecule has 0 radical (unpaired) electrons. The van der Waals surface area contributed by atoms with Crippen LogP contribution in [0.1, 0.15) is 24.8 Å². The number of methoxy groups -OCH3 is 1. The maximum absolute atomic E-state index is 12.8. The molecule has 0 spiro atoms. The number of aromatic nitrogens is 1. The second kappa shape index (κ2) is 5.43. The average molecular weight is 310 g/mol. The van der Waals surface area contributed by atoms with E-state index in [0.29, 0.717) is 17.4 Å². The van der Waals surface area contributed by atoms with Crippen molar-refractivity contribution in [3.63, 3.8) is 0 Å². The van der Waals surface area contributed by atoms with E-state index in [-0.39, 0.29) is 5.60 Å². The van der Waals surface area contributed by atoms with Crippen molar-refractivity contribution in [2.45, 2.75) is 31.0 Å². The fraction of sp³-hybridized carbons (Fsp3) is 0.438. The van der Waals surface area contributed by atoms with Crippen LogP contribution in [0.2, 0.25) is 0 Å². The van der Waals surface area contributed by atoms with Crippen LogP contribution in [0.15, 0.2) is 30.5 Å². The van der Waals surface area contributed by atoms with Crippen molar-refractivity contribution in [1.82, 2.24) is 4.98 Å². The predicted molar refractivity (Wildman–Crippen MR) is 78.8 cm³/mol. The van der Waals surface area contributed by atoms with E-state index in [1.165, 1.54) is 12.3 Å². The Morgan fingerprint density at radius 1 is 1.27 bits per heavy atom. The van der Waals surface area contributed by atoms with Crippen molar-refractivity contribution >= 4 is 16.6 Å². The molecule has 1 aromatic heterocycles. The monoisotopic (exact) mass is 310 g/mol. The Hall–Kier alpha value is -1.82. The van der Waals surface area contributed by atoms with E-state index in [1.54, 1.807) is 13.2 Å². The van der Waals surface area contributed by atoms with E-state index < -0.39 is 11.7 Å². The summed E-state index contributed by atoms with van der Waals surface area (Å²) in [6, 6.07) is 5.41. The molecule has 2 aromatic rings. The molecule has 1 aliphatic rings. The van der Waals surface area contributed by atoms with Crippen LogP contribution in [0.5, 0.6) is 0 Å². The summed E-state index contributed by atoms with van der Waals surface area (Å²) in [5.41, 5.74) is 0.278. The predicted octanol–water partition coefficient (Wildman–Crippen LogP) is 4.23. The van der Waals surface area contributed by atoms with Gasteiger partial charge in [-0.25, -0.2) is 0 Å². The first-order valence-corrected chi connectivity index (χ1v) is 7.19. The van der Waals surface area contributed by atoms with Crippen LogP contribution in [-0.4, -0.2) is 24.2 Å². The molecule has 3 nitrogen and oxygen atoms in total. The highest BCUT2D eigenvalue weighted by Gasteiger charge is 2.36. The maximum Gasteiger partial charge on any atom is 0.416 e. The molecule has 1 saturated carbocycles. The van der Waals surface area contributed by atoms with Gasteiger partial charge in [0.05, 0.1) is 16.7 Å². The zero-order valence-corrected chi connectivity index (χ0v) is 12.2. The normalized spacial score (nSPS) is 17.3. The molecule has 22 heavy (non-hydrogen) atoms. The van der Waals surface area contributed by atoms with E-state index >= 15 is 0 Å². The van der Waals surface area contributed by atoms with Gasteiger partial charge in [0.15, 0.2) is 0 Å². The molecule has 0 amide bonds. The molecule has 0 unspecified atom stereocenters. The van der Waals surface area contributed by atoms with Gasteiger partial charge >= 0.3 is 6.18 Å². The van der Waals surface area contributed by atoms with Gasteiger partial charge in [0.2, 0.25) is 0 Å². The molecule has 1 heterocycles. The van der Waals surface area contributed by atoms with E-state index in [4.69, 9.17) is 4.74 Å². The molecule has 1 aromatic carbocycles. The van der Waals surface area contributed by atoms with Crippen molar-refractivity contribution in [1.29, 1.82) is 0 Å². The number of fused-ring (bicyclic) bond motifs is 1. The fourth-order valence-corrected chi connectivity index (χ4v) is 2.76. The minimum absolute atomic E-state index is 0.151. The quantitative estimate of drug-likeness (QED) is 0.917. The second-order valence-corrected chi connectivity index (χ2v) is 5.68. The Kier molecular flexibility index (Phi) is 3.72. The minimum atomic E-state index is -4.36. The third-order valence-corrected chi connectivity index (χ3v) is 4.37. The molecular weight excluding hydrogens is 293 g/mol. The van der Waals surface area contributed by atoms with E-state index in [1.807, 2.05) is 0 Å². The number of hydrogen-bond acceptors (Lipinski definition) is 3. The molecule has 3 rings (SSSR count). The molecule has 0 bridgehead atoms. The molecule has 0 atom stereocenters. The topological polar surface area (TPSA) is 34.1 Å². The first kappa shape index (κ1) is 15.1. The van der Waals surface area contributed by atoms with Crippen molar-refractivity contribution in [3.8, 4) is 0 Å². The van der Waals surface area contributed by atoms with E-state index in [2.05, 4.69) is 10.3 Å². The molecule has 0 saturated heterocycles. The molecule has 1 aliphatic carbocycles. The average Bonchev–Trinajstić information content (AvgIpc) is 2.45. The van der Waals surface area contributed by atoms with Crippen molar-refractivity contribution in [3.05, 3.63) is 36.0 Å². The lowest BCUT2D eigenvalue weighted by Gasteiger charge is -2.40. The summed E-state index contributed by atoms with van der Waals surface area (Å²) in [4.78, 5) is 4.04. The van der Waals surface area contributed by atoms with Crippen molar-refractivity contribution in [2.75, 3.05) is 19.0 Å². The van der Waals surface area contributed by atoms with Gasteiger partial charge in [-0.1, -0.05) is 6.07 Å². The standard InChI is InChI=1S/C16H17F3N2O/c1-22-15(6-2-7-15)10-21-13-5-8-20-14-9-11(16(17,18)19)3-4-12(13)14/h3-5,8-9H,2,6-7,10H2,1H3,(H,20,21). The number of ether oxygens (including phenoxy) is 1. The summed E-state index contributed by atoms with van der Waals surface area (Å²) >= 11 is 0. The number of hydrogen-bond donors (Lipinski definition) is 1. The van der Waals surface area contributed by atoms with Gasteiger partial charge in [-0.2, -0.15) is 13.2 Å². The lowest BCUT2D eigenvalue weighted by molar-refractivity contribution is -0.137. The van der Waals surface area contributed by atoms with Crippen LogP contribution in [0.25, 0.3) is 10.9 Å². The zero-order chi connectivity index (χ0) is 15.8. The Balaban J connectivity index is 1.87. The number of nitrogens with one attached hydrogen (secondary N) is 1. The van der Waals surface area contributed by atoms with Crippen LogP contribution in [0.3, 0.4) is 0 Å². The fourth-order valence-electron chi connectivity index (χ4n) is 2.76. The Labute approximate surface area is 126 Å². The summed E-state index contributed by atoms with van der Waals surface area (Å²) < 4.78 is 43.8. The lowest BCUT2D eigenvalue weighted by atomic mass is 9.80. The first-order valence-electron chi connectivity index (χ1n) is 7.19. The molecular formula is C16H17F3N2O. The Bertz CT molecular complexity index is 675. The maximum atomic E-state index is 12.8. The second-order valence-electron chi connectivity index (χ2n) is 5.68. The molecule has 1 fully saturated rings. The Morgan fingerprint density at radius 2 is 2.05 bits per heavy atom. The highest BCUT2D eigenvalue weighted by atomic mass is 19.4. The summed E-state index contributed by atoms with van der Waals surface area (Å²) in [7, 11) is 1.70. The number of halogens is 3. The number of anilines is 1. The summed E-state index contributed by atoms with van der Waals surface area (Å²) in [5.74, 6) is 0. The van der Waals surface area contributed by atoms with Crippen molar-refractivity contribution < 1.29 is 17.9 Å². The van der Waals surface area contributed by atoms with Crippen LogP contribution in [-0.2, 0) is 10.9 Å². The first-order chi connectivity index (χ1) is 10.4. The van der Waals surface area contributed by atoms with Gasteiger partial charge in [0.25, 0.3) is 0 Å². The van der Waals surface area contributed by atoms with Crippen LogP contribution in [0, 0.1) is 0 Å². The number of pyridine rings is 1. The van der Waals surface area contributed by atoms with Crippen molar-refractivity contribution in [2.24, 2.45) is 0 Å². The van der Waals surface area contributed by atoms with Crippen LogP contribution in [0.4, 0.5) is 18.9 Å². The SMILES string of the molecule is COC1(CNc2ccnc3cc(C(F)(F)F)ccc23)CCC1. The summed E-state index contributed by atoms with van der Waals surface area (Å²) in [5, 5.41) is 3.97. The van der Waals surface area contributed by atoms with Gasteiger partial charge in [-0.15, -0.1) is 0 Å². The Morgan fingerprint density at radius 3 is 2.64 bits per heavy atom. The van der Waals surface area contributed by atoms with Gasteiger partial charge in [0, 0.05) is 30.9 Å². The summed E-state index contributed by atoms with van der Waals surface area (Å²) in [6.45, 7) is 0.642. The smallest absolute Gasteiger partial charge is 0.382 e. The van der Waals surface area contributed by atoms with Gasteiger partial charge in [-0.05, 0) is 37.5 Å². The molecule has 1 N–H and O–H groups in total. The summed E-state index contributed by atoms with van der Waals surface area (Å²) in [6.07, 6.45) is 0.299. The molecule has 0 aliphatic heterocycles. The van der Waals surface area contributed by atoms with Crippen LogP contribution >= 0.6 is 0 Å². The number of nitrogens with zero attached hydrogens (tertiary/aromatic N) is 1. The zero-order valence-electron chi connectivity index (χ0n) is 12.2. The van der Waals surface area contributed by atoms with E-state index in [9.17, 15) is 13.2 Å².